The Morgan fingerprint density at radius 3 is 2.16 bits per heavy atom. The Balaban J connectivity index is 1.38. The summed E-state index contributed by atoms with van der Waals surface area (Å²) in [5.74, 6) is 0. The third kappa shape index (κ3) is 5.22. The summed E-state index contributed by atoms with van der Waals surface area (Å²) < 4.78 is 25.9. The van der Waals surface area contributed by atoms with E-state index in [0.29, 0.717) is 15.6 Å². The van der Waals surface area contributed by atoms with Crippen molar-refractivity contribution in [3.63, 3.8) is 0 Å². The SMILES string of the molecule is CCc1ccc(N2CCC(Nc3ccn(-c4ccc(S(C)(=O)=O)cc4)c(=S)c3)CC2)cc1. The fraction of sp³-hybridized carbons (Fsp3) is 0.320. The van der Waals surface area contributed by atoms with E-state index in [1.807, 2.05) is 22.9 Å². The number of sulfone groups is 1. The lowest BCUT2D eigenvalue weighted by molar-refractivity contribution is 0.526. The van der Waals surface area contributed by atoms with E-state index >= 15 is 0 Å². The average molecular weight is 468 g/mol. The molecule has 4 rings (SSSR count). The molecule has 5 nitrogen and oxygen atoms in total. The van der Waals surface area contributed by atoms with E-state index in [1.165, 1.54) is 17.5 Å². The van der Waals surface area contributed by atoms with Gasteiger partial charge >= 0.3 is 0 Å². The number of pyridine rings is 1. The normalized spacial score (nSPS) is 15.0. The number of aromatic nitrogens is 1. The van der Waals surface area contributed by atoms with Crippen molar-refractivity contribution < 1.29 is 8.42 Å². The molecule has 1 aromatic heterocycles. The van der Waals surface area contributed by atoms with Gasteiger partial charge in [0, 0.05) is 48.6 Å². The van der Waals surface area contributed by atoms with Gasteiger partial charge in [0.2, 0.25) is 0 Å². The van der Waals surface area contributed by atoms with Crippen molar-refractivity contribution in [2.24, 2.45) is 0 Å². The molecule has 0 atom stereocenters. The summed E-state index contributed by atoms with van der Waals surface area (Å²) in [7, 11) is -3.21. The molecule has 0 spiro atoms. The Labute approximate surface area is 195 Å². The van der Waals surface area contributed by atoms with Crippen molar-refractivity contribution in [1.82, 2.24) is 4.57 Å². The van der Waals surface area contributed by atoms with Gasteiger partial charge in [-0.1, -0.05) is 31.3 Å². The van der Waals surface area contributed by atoms with Crippen LogP contribution in [0, 0.1) is 4.64 Å². The fourth-order valence-corrected chi connectivity index (χ4v) is 5.02. The maximum Gasteiger partial charge on any atom is 0.175 e. The van der Waals surface area contributed by atoms with Gasteiger partial charge in [0.1, 0.15) is 4.64 Å². The topological polar surface area (TPSA) is 54.3 Å². The van der Waals surface area contributed by atoms with Crippen LogP contribution in [0.2, 0.25) is 0 Å². The molecule has 2 heterocycles. The molecule has 0 amide bonds. The number of piperidine rings is 1. The summed E-state index contributed by atoms with van der Waals surface area (Å²) in [5.41, 5.74) is 4.54. The Bertz CT molecular complexity index is 1230. The Morgan fingerprint density at radius 1 is 0.969 bits per heavy atom. The van der Waals surface area contributed by atoms with Crippen LogP contribution in [0.5, 0.6) is 0 Å². The third-order valence-corrected chi connectivity index (χ3v) is 7.48. The molecule has 1 N–H and O–H groups in total. The molecule has 168 valence electrons. The zero-order valence-corrected chi connectivity index (χ0v) is 20.1. The average Bonchev–Trinajstić information content (AvgIpc) is 2.79. The molecule has 1 aliphatic heterocycles. The summed E-state index contributed by atoms with van der Waals surface area (Å²) in [6.45, 7) is 4.24. The summed E-state index contributed by atoms with van der Waals surface area (Å²) in [6, 6.07) is 20.1. The zero-order valence-electron chi connectivity index (χ0n) is 18.5. The van der Waals surface area contributed by atoms with Crippen LogP contribution >= 0.6 is 12.2 Å². The van der Waals surface area contributed by atoms with Crippen LogP contribution in [0.15, 0.2) is 71.8 Å². The van der Waals surface area contributed by atoms with Crippen LogP contribution < -0.4 is 10.2 Å². The molecular weight excluding hydrogens is 438 g/mol. The van der Waals surface area contributed by atoms with Gasteiger partial charge in [-0.05, 0) is 73.4 Å². The Kier molecular flexibility index (Phi) is 6.67. The van der Waals surface area contributed by atoms with Crippen molar-refractivity contribution in [2.75, 3.05) is 29.6 Å². The van der Waals surface area contributed by atoms with Gasteiger partial charge in [-0.25, -0.2) is 8.42 Å². The number of nitrogens with zero attached hydrogens (tertiary/aromatic N) is 2. The lowest BCUT2D eigenvalue weighted by Crippen LogP contribution is -2.39. The summed E-state index contributed by atoms with van der Waals surface area (Å²) in [5, 5.41) is 3.63. The molecule has 1 fully saturated rings. The van der Waals surface area contributed by atoms with E-state index in [9.17, 15) is 8.42 Å². The molecule has 0 aliphatic carbocycles. The van der Waals surface area contributed by atoms with Crippen LogP contribution in [-0.2, 0) is 16.3 Å². The van der Waals surface area contributed by atoms with Crippen LogP contribution in [0.3, 0.4) is 0 Å². The predicted octanol–water partition coefficient (Wildman–Crippen LogP) is 5.25. The van der Waals surface area contributed by atoms with Gasteiger partial charge in [0.15, 0.2) is 9.84 Å². The minimum absolute atomic E-state index is 0.304. The molecule has 1 saturated heterocycles. The number of rotatable bonds is 6. The lowest BCUT2D eigenvalue weighted by Gasteiger charge is -2.34. The smallest absolute Gasteiger partial charge is 0.175 e. The number of anilines is 2. The van der Waals surface area contributed by atoms with Crippen LogP contribution in [-0.4, -0.2) is 38.4 Å². The maximum absolute atomic E-state index is 11.7. The standard InChI is InChI=1S/C25H29N3O2S2/c1-3-19-4-6-22(7-5-19)27-15-12-20(13-16-27)26-21-14-17-28(25(31)18-21)23-8-10-24(11-9-23)32(2,29)30/h4-11,14,17-18,20,26H,3,12-13,15-16H2,1-2H3. The Morgan fingerprint density at radius 2 is 1.59 bits per heavy atom. The fourth-order valence-electron chi connectivity index (χ4n) is 4.10. The van der Waals surface area contributed by atoms with E-state index in [0.717, 1.165) is 43.7 Å². The highest BCUT2D eigenvalue weighted by molar-refractivity contribution is 7.90. The second-order valence-corrected chi connectivity index (χ2v) is 10.7. The molecule has 0 bridgehead atoms. The highest BCUT2D eigenvalue weighted by atomic mass is 32.2. The molecule has 2 aromatic carbocycles. The quantitative estimate of drug-likeness (QED) is 0.502. The minimum atomic E-state index is -3.21. The molecule has 1 aliphatic rings. The highest BCUT2D eigenvalue weighted by Crippen LogP contribution is 2.23. The minimum Gasteiger partial charge on any atom is -0.382 e. The van der Waals surface area contributed by atoms with Crippen molar-refractivity contribution >= 4 is 33.4 Å². The lowest BCUT2D eigenvalue weighted by atomic mass is 10.0. The van der Waals surface area contributed by atoms with Crippen molar-refractivity contribution in [3.05, 3.63) is 77.1 Å². The molecule has 0 unspecified atom stereocenters. The van der Waals surface area contributed by atoms with E-state index < -0.39 is 9.84 Å². The first kappa shape index (κ1) is 22.6. The van der Waals surface area contributed by atoms with Crippen LogP contribution in [0.25, 0.3) is 5.69 Å². The van der Waals surface area contributed by atoms with Gasteiger partial charge in [0.25, 0.3) is 0 Å². The van der Waals surface area contributed by atoms with Crippen molar-refractivity contribution in [2.45, 2.75) is 37.1 Å². The van der Waals surface area contributed by atoms with Crippen LogP contribution in [0.4, 0.5) is 11.4 Å². The van der Waals surface area contributed by atoms with Crippen LogP contribution in [0.1, 0.15) is 25.3 Å². The highest BCUT2D eigenvalue weighted by Gasteiger charge is 2.19. The van der Waals surface area contributed by atoms with Gasteiger partial charge in [-0.15, -0.1) is 0 Å². The first-order chi connectivity index (χ1) is 15.3. The van der Waals surface area contributed by atoms with E-state index in [4.69, 9.17) is 12.2 Å². The summed E-state index contributed by atoms with van der Waals surface area (Å²) in [6.07, 6.45) is 6.36. The molecule has 0 saturated carbocycles. The first-order valence-electron chi connectivity index (χ1n) is 11.0. The van der Waals surface area contributed by atoms with Crippen molar-refractivity contribution in [1.29, 1.82) is 0 Å². The first-order valence-corrected chi connectivity index (χ1v) is 13.3. The number of benzene rings is 2. The Hall–Kier alpha value is -2.64. The second-order valence-electron chi connectivity index (χ2n) is 8.32. The van der Waals surface area contributed by atoms with E-state index in [2.05, 4.69) is 41.4 Å². The second kappa shape index (κ2) is 9.46. The number of nitrogens with one attached hydrogen (secondary N) is 1. The monoisotopic (exact) mass is 467 g/mol. The van der Waals surface area contributed by atoms with E-state index in [1.54, 1.807) is 24.3 Å². The number of aryl methyl sites for hydroxylation is 1. The third-order valence-electron chi connectivity index (χ3n) is 6.04. The molecule has 32 heavy (non-hydrogen) atoms. The molecule has 7 heteroatoms. The zero-order chi connectivity index (χ0) is 22.7. The number of hydrogen-bond acceptors (Lipinski definition) is 5. The van der Waals surface area contributed by atoms with Gasteiger partial charge in [-0.2, -0.15) is 0 Å². The summed E-state index contributed by atoms with van der Waals surface area (Å²) in [4.78, 5) is 2.76. The molecular formula is C25H29N3O2S2. The predicted molar refractivity (Wildman–Crippen MR) is 134 cm³/mol. The van der Waals surface area contributed by atoms with Gasteiger partial charge in [0.05, 0.1) is 4.90 Å². The molecule has 0 radical (unpaired) electrons. The molecule has 3 aromatic rings. The largest absolute Gasteiger partial charge is 0.382 e. The van der Waals surface area contributed by atoms with E-state index in [-0.39, 0.29) is 0 Å². The number of hydrogen-bond donors (Lipinski definition) is 1. The van der Waals surface area contributed by atoms with Gasteiger partial charge < -0.3 is 14.8 Å². The van der Waals surface area contributed by atoms with Gasteiger partial charge in [-0.3, -0.25) is 0 Å². The summed E-state index contributed by atoms with van der Waals surface area (Å²) >= 11 is 5.60. The van der Waals surface area contributed by atoms with Crippen molar-refractivity contribution in [3.8, 4) is 5.69 Å². The maximum atomic E-state index is 11.7.